The maximum Gasteiger partial charge on any atom is 0.312 e. The lowest BCUT2D eigenvalue weighted by Crippen LogP contribution is -2.42. The van der Waals surface area contributed by atoms with E-state index in [0.29, 0.717) is 22.7 Å². The molecule has 2 aromatic carbocycles. The fraction of sp³-hybridized carbons (Fsp3) is 0.375. The summed E-state index contributed by atoms with van der Waals surface area (Å²) in [5.41, 5.74) is 7.41. The fourth-order valence-electron chi connectivity index (χ4n) is 3.96. The number of likely N-dealkylation sites (tertiary alicyclic amines) is 1. The third-order valence-corrected chi connectivity index (χ3v) is 6.09. The average molecular weight is 457 g/mol. The highest BCUT2D eigenvalue weighted by Crippen LogP contribution is 2.25. The molecular weight excluding hydrogens is 428 g/mol. The number of carbonyl (C=O) groups excluding carboxylic acids is 3. The molecule has 1 aliphatic rings. The molecule has 7 nitrogen and oxygen atoms in total. The van der Waals surface area contributed by atoms with Gasteiger partial charge in [-0.2, -0.15) is 0 Å². The molecule has 0 spiro atoms. The minimum atomic E-state index is -0.731. The summed E-state index contributed by atoms with van der Waals surface area (Å²) in [6.07, 6.45) is 3.24. The lowest BCUT2D eigenvalue weighted by molar-refractivity contribution is -0.121. The molecule has 1 aliphatic heterocycles. The number of carbonyl (C=O) groups is 3. The molecule has 0 bridgehead atoms. The topological polar surface area (TPSA) is 105 Å². The number of nitrogens with two attached hydrogens (primary N) is 1. The number of amides is 4. The van der Waals surface area contributed by atoms with E-state index in [1.54, 1.807) is 36.4 Å². The van der Waals surface area contributed by atoms with Crippen LogP contribution in [0.4, 0.5) is 4.79 Å². The van der Waals surface area contributed by atoms with Gasteiger partial charge in [0.2, 0.25) is 5.91 Å². The van der Waals surface area contributed by atoms with Gasteiger partial charge in [-0.25, -0.2) is 4.79 Å². The van der Waals surface area contributed by atoms with Gasteiger partial charge in [-0.05, 0) is 55.5 Å². The molecule has 3 rings (SSSR count). The molecule has 0 radical (unpaired) electrons. The van der Waals surface area contributed by atoms with Crippen LogP contribution in [0.5, 0.6) is 0 Å². The van der Waals surface area contributed by atoms with E-state index in [9.17, 15) is 14.4 Å². The van der Waals surface area contributed by atoms with Gasteiger partial charge in [0.1, 0.15) is 0 Å². The van der Waals surface area contributed by atoms with Gasteiger partial charge in [0.05, 0.1) is 12.5 Å². The summed E-state index contributed by atoms with van der Waals surface area (Å²) in [6.45, 7) is 3.19. The Morgan fingerprint density at radius 1 is 1.12 bits per heavy atom. The average Bonchev–Trinajstić information content (AvgIpc) is 2.77. The Morgan fingerprint density at radius 2 is 1.84 bits per heavy atom. The molecule has 1 heterocycles. The monoisotopic (exact) mass is 456 g/mol. The number of urea groups is 1. The number of rotatable bonds is 7. The van der Waals surface area contributed by atoms with Crippen molar-refractivity contribution in [3.05, 3.63) is 70.2 Å². The zero-order valence-electron chi connectivity index (χ0n) is 18.1. The number of benzene rings is 2. The first-order chi connectivity index (χ1) is 15.3. The van der Waals surface area contributed by atoms with Crippen molar-refractivity contribution >= 4 is 29.4 Å². The van der Waals surface area contributed by atoms with Crippen LogP contribution in [0.2, 0.25) is 5.02 Å². The van der Waals surface area contributed by atoms with E-state index in [2.05, 4.69) is 17.6 Å². The molecule has 32 heavy (non-hydrogen) atoms. The van der Waals surface area contributed by atoms with Gasteiger partial charge in [0, 0.05) is 29.7 Å². The van der Waals surface area contributed by atoms with Gasteiger partial charge >= 0.3 is 6.03 Å². The Morgan fingerprint density at radius 3 is 2.50 bits per heavy atom. The van der Waals surface area contributed by atoms with E-state index in [1.165, 1.54) is 0 Å². The second kappa shape index (κ2) is 11.0. The number of halogens is 1. The molecule has 0 aromatic heterocycles. The molecule has 2 atom stereocenters. The van der Waals surface area contributed by atoms with Crippen LogP contribution >= 0.6 is 11.6 Å². The van der Waals surface area contributed by atoms with Gasteiger partial charge < -0.3 is 21.3 Å². The van der Waals surface area contributed by atoms with Gasteiger partial charge in [-0.3, -0.25) is 9.59 Å². The Kier molecular flexibility index (Phi) is 8.11. The molecule has 0 saturated carbocycles. The third-order valence-electron chi connectivity index (χ3n) is 5.74. The molecular formula is C24H29ClN4O3. The van der Waals surface area contributed by atoms with E-state index in [4.69, 9.17) is 17.3 Å². The van der Waals surface area contributed by atoms with E-state index in [1.807, 2.05) is 17.0 Å². The third kappa shape index (κ3) is 6.23. The molecule has 0 aliphatic carbocycles. The highest BCUT2D eigenvalue weighted by molar-refractivity contribution is 6.31. The number of piperidine rings is 1. The predicted molar refractivity (Wildman–Crippen MR) is 124 cm³/mol. The molecule has 1 fully saturated rings. The van der Waals surface area contributed by atoms with Crippen molar-refractivity contribution in [2.75, 3.05) is 6.54 Å². The Labute approximate surface area is 193 Å². The van der Waals surface area contributed by atoms with Crippen LogP contribution in [0.3, 0.4) is 0 Å². The second-order valence-electron chi connectivity index (χ2n) is 8.10. The largest absolute Gasteiger partial charge is 0.352 e. The Bertz CT molecular complexity index is 964. The van der Waals surface area contributed by atoms with Crippen LogP contribution in [0, 0.1) is 0 Å². The zero-order chi connectivity index (χ0) is 23.1. The van der Waals surface area contributed by atoms with Crippen molar-refractivity contribution in [1.29, 1.82) is 0 Å². The molecule has 170 valence electrons. The molecule has 0 unspecified atom stereocenters. The van der Waals surface area contributed by atoms with E-state index < -0.39 is 12.1 Å². The normalized spacial score (nSPS) is 16.8. The second-order valence-corrected chi connectivity index (χ2v) is 8.51. The van der Waals surface area contributed by atoms with Crippen molar-refractivity contribution in [2.24, 2.45) is 5.73 Å². The smallest absolute Gasteiger partial charge is 0.312 e. The van der Waals surface area contributed by atoms with Gasteiger partial charge in [0.15, 0.2) is 0 Å². The number of hydrogen-bond acceptors (Lipinski definition) is 3. The van der Waals surface area contributed by atoms with Crippen molar-refractivity contribution in [1.82, 2.24) is 15.5 Å². The van der Waals surface area contributed by atoms with Crippen molar-refractivity contribution in [3.63, 3.8) is 0 Å². The summed E-state index contributed by atoms with van der Waals surface area (Å²) in [6, 6.07) is 13.2. The van der Waals surface area contributed by atoms with E-state index >= 15 is 0 Å². The summed E-state index contributed by atoms with van der Waals surface area (Å²) in [7, 11) is 0. The van der Waals surface area contributed by atoms with Crippen LogP contribution in [0.1, 0.15) is 60.1 Å². The van der Waals surface area contributed by atoms with Gasteiger partial charge in [-0.1, -0.05) is 41.9 Å². The summed E-state index contributed by atoms with van der Waals surface area (Å²) < 4.78 is 0. The summed E-state index contributed by atoms with van der Waals surface area (Å²) in [5, 5.41) is 5.86. The van der Waals surface area contributed by atoms with Crippen LogP contribution in [0.25, 0.3) is 0 Å². The van der Waals surface area contributed by atoms with Crippen molar-refractivity contribution in [2.45, 2.75) is 51.2 Å². The van der Waals surface area contributed by atoms with E-state index in [-0.39, 0.29) is 24.3 Å². The minimum absolute atomic E-state index is 0.00388. The first-order valence-corrected chi connectivity index (χ1v) is 11.2. The first kappa shape index (κ1) is 23.6. The number of nitrogens with zero attached hydrogens (tertiary/aromatic N) is 1. The minimum Gasteiger partial charge on any atom is -0.352 e. The fourth-order valence-corrected chi connectivity index (χ4v) is 4.22. The first-order valence-electron chi connectivity index (χ1n) is 10.8. The van der Waals surface area contributed by atoms with Crippen LogP contribution in [-0.4, -0.2) is 35.3 Å². The summed E-state index contributed by atoms with van der Waals surface area (Å²) in [5.74, 6) is -0.209. The molecule has 8 heteroatoms. The van der Waals surface area contributed by atoms with Crippen LogP contribution < -0.4 is 16.4 Å². The lowest BCUT2D eigenvalue weighted by Gasteiger charge is -2.33. The summed E-state index contributed by atoms with van der Waals surface area (Å²) >= 11 is 6.21. The van der Waals surface area contributed by atoms with Crippen LogP contribution in [0.15, 0.2) is 48.5 Å². The van der Waals surface area contributed by atoms with Crippen LogP contribution in [-0.2, 0) is 11.3 Å². The molecule has 4 N–H and O–H groups in total. The Balaban J connectivity index is 1.57. The van der Waals surface area contributed by atoms with Gasteiger partial charge in [-0.15, -0.1) is 0 Å². The molecule has 2 aromatic rings. The molecule has 1 saturated heterocycles. The molecule has 4 amide bonds. The van der Waals surface area contributed by atoms with E-state index in [0.717, 1.165) is 31.4 Å². The Hall–Kier alpha value is -3.06. The lowest BCUT2D eigenvalue weighted by atomic mass is 10.0. The highest BCUT2D eigenvalue weighted by Gasteiger charge is 2.24. The van der Waals surface area contributed by atoms with Gasteiger partial charge in [0.25, 0.3) is 5.91 Å². The number of primary amides is 1. The highest BCUT2D eigenvalue weighted by atomic mass is 35.5. The van der Waals surface area contributed by atoms with Crippen molar-refractivity contribution in [3.8, 4) is 0 Å². The van der Waals surface area contributed by atoms with Crippen molar-refractivity contribution < 1.29 is 14.4 Å². The maximum atomic E-state index is 12.8. The maximum absolute atomic E-state index is 12.8. The summed E-state index contributed by atoms with van der Waals surface area (Å²) in [4.78, 5) is 38.6. The predicted octanol–water partition coefficient (Wildman–Crippen LogP) is 3.77. The quantitative estimate of drug-likeness (QED) is 0.590. The standard InChI is InChI=1S/C24H29ClN4O3/c1-16-6-4-5-13-29(16)23(31)18-11-9-17(10-12-18)15-27-22(30)14-21(28-24(26)32)19-7-2-3-8-20(19)25/h2-3,7-12,16,21H,4-6,13-15H2,1H3,(H,27,30)(H3,26,28,32)/t16-,21+/m1/s1. The number of nitrogens with one attached hydrogen (secondary N) is 2. The zero-order valence-corrected chi connectivity index (χ0v) is 18.9. The SMILES string of the molecule is C[C@@H]1CCCCN1C(=O)c1ccc(CNC(=O)C[C@H](NC(N)=O)c2ccccc2Cl)cc1. The number of hydrogen-bond donors (Lipinski definition) is 3.